The van der Waals surface area contributed by atoms with E-state index in [9.17, 15) is 0 Å². The lowest BCUT2D eigenvalue weighted by molar-refractivity contribution is -0.670. The van der Waals surface area contributed by atoms with Crippen molar-refractivity contribution < 1.29 is 28.5 Å². The molecule has 0 amide bonds. The van der Waals surface area contributed by atoms with Crippen molar-refractivity contribution in [2.45, 2.75) is 0 Å². The molecule has 116 valence electrons. The summed E-state index contributed by atoms with van der Waals surface area (Å²) in [5.41, 5.74) is 4.73. The van der Waals surface area contributed by atoms with Crippen molar-refractivity contribution in [1.82, 2.24) is 4.98 Å². The third-order valence-electron chi connectivity index (χ3n) is 3.84. The fraction of sp³-hybridized carbons (Fsp3) is 0.111. The summed E-state index contributed by atoms with van der Waals surface area (Å²) in [7, 11) is 4.11. The topological polar surface area (TPSA) is 20.0 Å². The van der Waals surface area contributed by atoms with Gasteiger partial charge in [-0.05, 0) is 23.8 Å². The van der Waals surface area contributed by atoms with Crippen LogP contribution in [-0.2, 0) is 7.05 Å². The molecule has 0 aliphatic carbocycles. The molecule has 1 aromatic carbocycles. The number of nitrogens with zero attached hydrogens (tertiary/aromatic N) is 3. The highest BCUT2D eigenvalue weighted by Crippen LogP contribution is 2.34. The first-order chi connectivity index (χ1) is 10.7. The van der Waals surface area contributed by atoms with Gasteiger partial charge in [0, 0.05) is 30.6 Å². The number of fused-ring (bicyclic) bond motifs is 2. The number of halogens is 1. The second kappa shape index (κ2) is 6.41. The Kier molecular flexibility index (Phi) is 4.50. The molecule has 4 rings (SSSR count). The smallest absolute Gasteiger partial charge is 0.188 e. The van der Waals surface area contributed by atoms with Crippen molar-refractivity contribution in [2.75, 3.05) is 11.9 Å². The predicted octanol–water partition coefficient (Wildman–Crippen LogP) is 0.629. The highest BCUT2D eigenvalue weighted by Gasteiger charge is 2.14. The zero-order chi connectivity index (χ0) is 15.1. The van der Waals surface area contributed by atoms with Crippen molar-refractivity contribution in [2.24, 2.45) is 7.05 Å². The summed E-state index contributed by atoms with van der Waals surface area (Å²) < 4.78 is 3.27. The van der Waals surface area contributed by atoms with Gasteiger partial charge in [0.15, 0.2) is 12.4 Å². The number of allylic oxidation sites excluding steroid dienone is 2. The van der Waals surface area contributed by atoms with Crippen LogP contribution >= 0.6 is 11.3 Å². The number of aromatic nitrogens is 2. The van der Waals surface area contributed by atoms with Crippen LogP contribution in [0, 0.1) is 0 Å². The normalized spacial score (nSPS) is 14.9. The van der Waals surface area contributed by atoms with E-state index in [4.69, 9.17) is 4.98 Å². The molecule has 23 heavy (non-hydrogen) atoms. The summed E-state index contributed by atoms with van der Waals surface area (Å²) in [5, 5.41) is 1.04. The van der Waals surface area contributed by atoms with E-state index >= 15 is 0 Å². The van der Waals surface area contributed by atoms with E-state index in [1.54, 1.807) is 11.3 Å². The summed E-state index contributed by atoms with van der Waals surface area (Å²) >= 11 is 1.72. The summed E-state index contributed by atoms with van der Waals surface area (Å²) in [6, 6.07) is 10.5. The molecule has 0 radical (unpaired) electrons. The molecule has 0 fully saturated rings. The fourth-order valence-electron chi connectivity index (χ4n) is 2.70. The minimum absolute atomic E-state index is 0. The number of benzene rings is 1. The zero-order valence-corrected chi connectivity index (χ0v) is 15.9. The third kappa shape index (κ3) is 3.03. The Labute approximate surface area is 156 Å². The molecule has 3 nitrogen and oxygen atoms in total. The summed E-state index contributed by atoms with van der Waals surface area (Å²) in [5.74, 6) is 0. The van der Waals surface area contributed by atoms with Crippen LogP contribution in [0.4, 0.5) is 5.69 Å². The number of anilines is 1. The number of rotatable bonds is 1. The molecule has 5 heteroatoms. The molecular weight excluding hydrogens is 417 g/mol. The van der Waals surface area contributed by atoms with E-state index in [1.165, 1.54) is 21.5 Å². The molecule has 2 aromatic heterocycles. The van der Waals surface area contributed by atoms with Gasteiger partial charge in [-0.1, -0.05) is 18.2 Å². The van der Waals surface area contributed by atoms with Gasteiger partial charge in [0.25, 0.3) is 0 Å². The van der Waals surface area contributed by atoms with Crippen LogP contribution < -0.4 is 33.4 Å². The first-order valence-electron chi connectivity index (χ1n) is 7.19. The van der Waals surface area contributed by atoms with Crippen molar-refractivity contribution >= 4 is 38.9 Å². The highest BCUT2D eigenvalue weighted by atomic mass is 127. The maximum atomic E-state index is 4.72. The lowest BCUT2D eigenvalue weighted by Gasteiger charge is -2.23. The van der Waals surface area contributed by atoms with E-state index in [-0.39, 0.29) is 24.0 Å². The standard InChI is InChI=1S/C18H16N3S.HI/c1-20-9-8-15-17(12-20)22-18(19-15)11-13-7-10-21(2)16-6-4-3-5-14(13)16;/h3-12H,1-2H3;1H/q+1;/p-1. The van der Waals surface area contributed by atoms with Crippen LogP contribution in [0.15, 0.2) is 55.0 Å². The summed E-state index contributed by atoms with van der Waals surface area (Å²) in [6.07, 6.45) is 10.6. The second-order valence-electron chi connectivity index (χ2n) is 5.46. The third-order valence-corrected chi connectivity index (χ3v) is 4.79. The average Bonchev–Trinajstić information content (AvgIpc) is 2.92. The predicted molar refractivity (Wildman–Crippen MR) is 92.7 cm³/mol. The number of para-hydroxylation sites is 1. The Morgan fingerprint density at radius 1 is 1.22 bits per heavy atom. The Morgan fingerprint density at radius 2 is 2.04 bits per heavy atom. The van der Waals surface area contributed by atoms with Crippen molar-refractivity contribution in [3.63, 3.8) is 0 Å². The number of hydrogen-bond acceptors (Lipinski definition) is 3. The van der Waals surface area contributed by atoms with E-state index in [2.05, 4.69) is 71.4 Å². The summed E-state index contributed by atoms with van der Waals surface area (Å²) in [4.78, 5) is 6.87. The van der Waals surface area contributed by atoms with Crippen molar-refractivity contribution in [1.29, 1.82) is 0 Å². The largest absolute Gasteiger partial charge is 1.00 e. The monoisotopic (exact) mass is 433 g/mol. The van der Waals surface area contributed by atoms with Crippen LogP contribution in [0.25, 0.3) is 21.9 Å². The molecule has 1 aliphatic heterocycles. The SMILES string of the molecule is CN1C=C/C(=C\c2nc3cc[n+](C)cc3s2)c2ccccc21.[I-]. The Hall–Kier alpha value is -1.73. The van der Waals surface area contributed by atoms with Gasteiger partial charge >= 0.3 is 0 Å². The minimum atomic E-state index is 0. The van der Waals surface area contributed by atoms with E-state index in [0.29, 0.717) is 0 Å². The fourth-order valence-corrected chi connectivity index (χ4v) is 3.69. The van der Waals surface area contributed by atoms with Gasteiger partial charge in [0.1, 0.15) is 16.8 Å². The molecule has 0 atom stereocenters. The first kappa shape index (κ1) is 16.1. The number of hydrogen-bond donors (Lipinski definition) is 0. The minimum Gasteiger partial charge on any atom is -1.00 e. The molecule has 0 spiro atoms. The zero-order valence-electron chi connectivity index (χ0n) is 12.9. The average molecular weight is 433 g/mol. The quantitative estimate of drug-likeness (QED) is 0.415. The van der Waals surface area contributed by atoms with Gasteiger partial charge in [0.2, 0.25) is 0 Å². The maximum absolute atomic E-state index is 4.72. The lowest BCUT2D eigenvalue weighted by Crippen LogP contribution is -3.00. The second-order valence-corrected chi connectivity index (χ2v) is 6.52. The Bertz CT molecular complexity index is 927. The van der Waals surface area contributed by atoms with Crippen LogP contribution in [0.2, 0.25) is 0 Å². The molecule has 3 aromatic rings. The lowest BCUT2D eigenvalue weighted by atomic mass is 10.0. The van der Waals surface area contributed by atoms with Gasteiger partial charge < -0.3 is 28.9 Å². The van der Waals surface area contributed by atoms with Crippen molar-refractivity contribution in [3.05, 3.63) is 65.6 Å². The molecular formula is C18H16IN3S. The van der Waals surface area contributed by atoms with Crippen LogP contribution in [-0.4, -0.2) is 12.0 Å². The molecule has 0 saturated carbocycles. The van der Waals surface area contributed by atoms with E-state index in [1.807, 2.05) is 13.2 Å². The number of pyridine rings is 1. The van der Waals surface area contributed by atoms with Gasteiger partial charge in [-0.15, -0.1) is 11.3 Å². The van der Waals surface area contributed by atoms with E-state index in [0.717, 1.165) is 10.5 Å². The highest BCUT2D eigenvalue weighted by molar-refractivity contribution is 7.19. The van der Waals surface area contributed by atoms with Crippen molar-refractivity contribution in [3.8, 4) is 0 Å². The van der Waals surface area contributed by atoms with Gasteiger partial charge in [0.05, 0.1) is 5.52 Å². The van der Waals surface area contributed by atoms with Crippen LogP contribution in [0.1, 0.15) is 10.6 Å². The Morgan fingerprint density at radius 3 is 2.91 bits per heavy atom. The molecule has 0 unspecified atom stereocenters. The van der Waals surface area contributed by atoms with Gasteiger partial charge in [-0.25, -0.2) is 9.55 Å². The van der Waals surface area contributed by atoms with Crippen LogP contribution in [0.3, 0.4) is 0 Å². The first-order valence-corrected chi connectivity index (χ1v) is 8.00. The molecule has 0 N–H and O–H groups in total. The summed E-state index contributed by atoms with van der Waals surface area (Å²) in [6.45, 7) is 0. The molecule has 0 bridgehead atoms. The molecule has 0 saturated heterocycles. The molecule has 3 heterocycles. The van der Waals surface area contributed by atoms with Gasteiger partial charge in [-0.2, -0.15) is 0 Å². The number of aryl methyl sites for hydroxylation is 1. The molecule has 1 aliphatic rings. The Balaban J connectivity index is 0.00000156. The van der Waals surface area contributed by atoms with E-state index < -0.39 is 0 Å². The van der Waals surface area contributed by atoms with Crippen LogP contribution in [0.5, 0.6) is 0 Å². The number of thiazole rings is 1. The van der Waals surface area contributed by atoms with Gasteiger partial charge in [-0.3, -0.25) is 0 Å². The maximum Gasteiger partial charge on any atom is 0.188 e.